The number of likely N-dealkylation sites (tertiary alicyclic amines) is 1. The van der Waals surface area contributed by atoms with Gasteiger partial charge >= 0.3 is 0 Å². The molecule has 2 unspecified atom stereocenters. The average molecular weight is 390 g/mol. The van der Waals surface area contributed by atoms with E-state index < -0.39 is 0 Å². The number of rotatable bonds is 4. The first-order chi connectivity index (χ1) is 12.6. The third kappa shape index (κ3) is 3.58. The fourth-order valence-corrected chi connectivity index (χ4v) is 6.04. The van der Waals surface area contributed by atoms with E-state index in [0.717, 1.165) is 37.5 Å². The summed E-state index contributed by atoms with van der Waals surface area (Å²) in [7, 11) is 2.07. The number of nitrogen functional groups attached to an aromatic ring is 1. The molecule has 1 amide bonds. The van der Waals surface area contributed by atoms with Crippen molar-refractivity contribution < 1.29 is 4.79 Å². The number of nitrogens with two attached hydrogens (primary N) is 1. The molecule has 2 aromatic rings. The molecule has 0 spiro atoms. The largest absolute Gasteiger partial charge is 0.384 e. The van der Waals surface area contributed by atoms with Crippen molar-refractivity contribution in [3.05, 3.63) is 40.0 Å². The molecule has 8 heteroatoms. The molecule has 0 saturated carbocycles. The number of thiophene rings is 1. The van der Waals surface area contributed by atoms with E-state index in [2.05, 4.69) is 33.4 Å². The number of carbonyl (C=O) groups excluding carboxylic acids is 1. The van der Waals surface area contributed by atoms with E-state index in [1.54, 1.807) is 35.4 Å². The maximum atomic E-state index is 13.1. The summed E-state index contributed by atoms with van der Waals surface area (Å²) < 4.78 is 0. The summed E-state index contributed by atoms with van der Waals surface area (Å²) in [4.78, 5) is 27.3. The summed E-state index contributed by atoms with van der Waals surface area (Å²) in [6.45, 7) is 2.24. The van der Waals surface area contributed by atoms with Crippen LogP contribution in [0.25, 0.3) is 0 Å². The van der Waals surface area contributed by atoms with Crippen molar-refractivity contribution in [3.63, 3.8) is 0 Å². The Hall–Kier alpha value is -1.64. The van der Waals surface area contributed by atoms with Gasteiger partial charge in [0.15, 0.2) is 0 Å². The fourth-order valence-electron chi connectivity index (χ4n) is 3.66. The van der Waals surface area contributed by atoms with Crippen molar-refractivity contribution in [1.29, 1.82) is 0 Å². The third-order valence-electron chi connectivity index (χ3n) is 5.12. The van der Waals surface area contributed by atoms with E-state index >= 15 is 0 Å². The number of nitrogens with zero attached hydrogens (tertiary/aromatic N) is 4. The van der Waals surface area contributed by atoms with Crippen LogP contribution in [0.5, 0.6) is 0 Å². The van der Waals surface area contributed by atoms with Crippen LogP contribution in [0.2, 0.25) is 0 Å². The first kappa shape index (κ1) is 17.8. The van der Waals surface area contributed by atoms with Gasteiger partial charge in [0, 0.05) is 30.2 Å². The van der Waals surface area contributed by atoms with Gasteiger partial charge in [0.05, 0.1) is 6.54 Å². The second-order valence-corrected chi connectivity index (χ2v) is 9.05. The van der Waals surface area contributed by atoms with Crippen LogP contribution in [0.3, 0.4) is 0 Å². The fraction of sp³-hybridized carbons (Fsp3) is 0.500. The number of aromatic nitrogens is 2. The number of anilines is 1. The van der Waals surface area contributed by atoms with E-state index in [1.165, 1.54) is 10.4 Å². The second kappa shape index (κ2) is 7.54. The Labute approximate surface area is 161 Å². The van der Waals surface area contributed by atoms with Crippen molar-refractivity contribution >= 4 is 34.8 Å². The number of hydrogen-bond donors (Lipinski definition) is 1. The standard InChI is InChI=1S/C18H23N5OS2/c1-22(11-16-20-6-2-15(19)21-16)12-3-7-23(10-12)18(24)17-13-4-8-25-14(13)5-9-26-17/h2,4,6,8,12,17H,3,5,7,9-11H2,1H3,(H2,19,20,21). The van der Waals surface area contributed by atoms with Gasteiger partial charge in [-0.3, -0.25) is 9.69 Å². The van der Waals surface area contributed by atoms with E-state index in [0.29, 0.717) is 18.4 Å². The Kier molecular flexibility index (Phi) is 5.15. The molecule has 2 aliphatic rings. The molecular formula is C18H23N5OS2. The summed E-state index contributed by atoms with van der Waals surface area (Å²) >= 11 is 3.57. The molecule has 1 saturated heterocycles. The van der Waals surface area contributed by atoms with E-state index in [4.69, 9.17) is 5.73 Å². The maximum absolute atomic E-state index is 13.1. The van der Waals surface area contributed by atoms with Crippen LogP contribution in [0, 0.1) is 0 Å². The molecule has 4 heterocycles. The Morgan fingerprint density at radius 3 is 3.19 bits per heavy atom. The molecule has 138 valence electrons. The van der Waals surface area contributed by atoms with E-state index in [9.17, 15) is 4.79 Å². The zero-order chi connectivity index (χ0) is 18.1. The van der Waals surface area contributed by atoms with Crippen LogP contribution in [0.4, 0.5) is 5.82 Å². The van der Waals surface area contributed by atoms with Gasteiger partial charge in [0.1, 0.15) is 16.9 Å². The molecular weight excluding hydrogens is 366 g/mol. The molecule has 0 aromatic carbocycles. The molecule has 1 fully saturated rings. The normalized spacial score (nSPS) is 22.6. The zero-order valence-electron chi connectivity index (χ0n) is 14.8. The van der Waals surface area contributed by atoms with Gasteiger partial charge in [-0.15, -0.1) is 23.1 Å². The molecule has 0 aliphatic carbocycles. The Morgan fingerprint density at radius 1 is 1.46 bits per heavy atom. The van der Waals surface area contributed by atoms with Crippen LogP contribution in [0.15, 0.2) is 23.7 Å². The molecule has 2 N–H and O–H groups in total. The lowest BCUT2D eigenvalue weighted by molar-refractivity contribution is -0.129. The first-order valence-electron chi connectivity index (χ1n) is 8.86. The lowest BCUT2D eigenvalue weighted by Gasteiger charge is -2.28. The minimum atomic E-state index is -0.0219. The molecule has 4 rings (SSSR count). The second-order valence-electron chi connectivity index (χ2n) is 6.84. The van der Waals surface area contributed by atoms with Gasteiger partial charge in [-0.2, -0.15) is 0 Å². The highest BCUT2D eigenvalue weighted by Crippen LogP contribution is 2.41. The third-order valence-corrected chi connectivity index (χ3v) is 7.34. The predicted molar refractivity (Wildman–Crippen MR) is 106 cm³/mol. The van der Waals surface area contributed by atoms with Crippen molar-refractivity contribution in [1.82, 2.24) is 19.8 Å². The molecule has 6 nitrogen and oxygen atoms in total. The predicted octanol–water partition coefficient (Wildman–Crippen LogP) is 2.18. The molecule has 2 aromatic heterocycles. The minimum absolute atomic E-state index is 0.0219. The average Bonchev–Trinajstić information content (AvgIpc) is 3.30. The van der Waals surface area contributed by atoms with Crippen LogP contribution >= 0.6 is 23.1 Å². The Morgan fingerprint density at radius 2 is 2.35 bits per heavy atom. The summed E-state index contributed by atoms with van der Waals surface area (Å²) in [5.74, 6) is 2.52. The zero-order valence-corrected chi connectivity index (χ0v) is 16.4. The number of thioether (sulfide) groups is 1. The Bertz CT molecular complexity index is 795. The van der Waals surface area contributed by atoms with Crippen molar-refractivity contribution in [3.8, 4) is 0 Å². The molecule has 0 radical (unpaired) electrons. The van der Waals surface area contributed by atoms with Crippen molar-refractivity contribution in [2.75, 3.05) is 31.6 Å². The van der Waals surface area contributed by atoms with Gasteiger partial charge in [-0.05, 0) is 48.7 Å². The minimum Gasteiger partial charge on any atom is -0.384 e. The highest BCUT2D eigenvalue weighted by atomic mass is 32.2. The van der Waals surface area contributed by atoms with Crippen LogP contribution in [-0.4, -0.2) is 57.6 Å². The number of hydrogen-bond acceptors (Lipinski definition) is 7. The van der Waals surface area contributed by atoms with Gasteiger partial charge in [0.2, 0.25) is 5.91 Å². The van der Waals surface area contributed by atoms with Gasteiger partial charge in [-0.25, -0.2) is 9.97 Å². The quantitative estimate of drug-likeness (QED) is 0.864. The number of fused-ring (bicyclic) bond motifs is 1. The summed E-state index contributed by atoms with van der Waals surface area (Å²) in [6, 6.07) is 4.16. The topological polar surface area (TPSA) is 75.4 Å². The molecule has 2 aliphatic heterocycles. The highest BCUT2D eigenvalue weighted by molar-refractivity contribution is 8.00. The van der Waals surface area contributed by atoms with Crippen LogP contribution in [-0.2, 0) is 17.8 Å². The summed E-state index contributed by atoms with van der Waals surface area (Å²) in [5.41, 5.74) is 6.98. The smallest absolute Gasteiger partial charge is 0.240 e. The van der Waals surface area contributed by atoms with E-state index in [1.807, 2.05) is 4.90 Å². The molecule has 2 atom stereocenters. The van der Waals surface area contributed by atoms with Gasteiger partial charge in [0.25, 0.3) is 0 Å². The van der Waals surface area contributed by atoms with Gasteiger partial charge < -0.3 is 10.6 Å². The number of carbonyl (C=O) groups is 1. The Balaban J connectivity index is 1.38. The van der Waals surface area contributed by atoms with E-state index in [-0.39, 0.29) is 11.2 Å². The van der Waals surface area contributed by atoms with Crippen molar-refractivity contribution in [2.45, 2.75) is 30.7 Å². The van der Waals surface area contributed by atoms with Crippen LogP contribution in [0.1, 0.15) is 27.9 Å². The monoisotopic (exact) mass is 389 g/mol. The van der Waals surface area contributed by atoms with Crippen LogP contribution < -0.4 is 5.73 Å². The number of likely N-dealkylation sites (N-methyl/N-ethyl adjacent to an activating group) is 1. The molecule has 0 bridgehead atoms. The summed E-state index contributed by atoms with van der Waals surface area (Å²) in [5, 5.41) is 2.09. The van der Waals surface area contributed by atoms with Gasteiger partial charge in [-0.1, -0.05) is 0 Å². The van der Waals surface area contributed by atoms with Crippen molar-refractivity contribution in [2.24, 2.45) is 0 Å². The number of aryl methyl sites for hydroxylation is 1. The SMILES string of the molecule is CN(Cc1nccc(N)n1)C1CCN(C(=O)C2SCCc3sccc32)C1. The first-order valence-corrected chi connectivity index (χ1v) is 10.8. The highest BCUT2D eigenvalue weighted by Gasteiger charge is 2.36. The molecule has 26 heavy (non-hydrogen) atoms. The summed E-state index contributed by atoms with van der Waals surface area (Å²) in [6.07, 6.45) is 3.76. The number of amides is 1. The lowest BCUT2D eigenvalue weighted by atomic mass is 10.1. The lowest BCUT2D eigenvalue weighted by Crippen LogP contribution is -2.38. The maximum Gasteiger partial charge on any atom is 0.240 e.